The monoisotopic (exact) mass is 326 g/mol. The van der Waals surface area contributed by atoms with Crippen LogP contribution >= 0.6 is 11.8 Å². The van der Waals surface area contributed by atoms with Crippen molar-refractivity contribution >= 4 is 16.9 Å². The quantitative estimate of drug-likeness (QED) is 0.665. The number of rotatable bonds is 5. The van der Waals surface area contributed by atoms with Gasteiger partial charge in [0.05, 0.1) is 12.6 Å². The summed E-state index contributed by atoms with van der Waals surface area (Å²) in [5, 5.41) is 0.646. The molecule has 4 heteroatoms. The van der Waals surface area contributed by atoms with Crippen molar-refractivity contribution in [3.05, 3.63) is 60.2 Å². The van der Waals surface area contributed by atoms with E-state index in [0.717, 1.165) is 25.2 Å². The molecule has 1 aliphatic rings. The average molecular weight is 326 g/mol. The summed E-state index contributed by atoms with van der Waals surface area (Å²) in [4.78, 5) is 4.42. The third-order valence-corrected chi connectivity index (χ3v) is 4.83. The average Bonchev–Trinajstić information content (AvgIpc) is 3.13. The second kappa shape index (κ2) is 8.18. The first-order valence-electron chi connectivity index (χ1n) is 8.00. The first kappa shape index (κ1) is 16.1. The number of aliphatic imine (C=N–C) groups is 1. The molecule has 0 amide bonds. The molecule has 3 nitrogen and oxygen atoms in total. The molecule has 0 aliphatic carbocycles. The van der Waals surface area contributed by atoms with E-state index in [-0.39, 0.29) is 6.10 Å². The van der Waals surface area contributed by atoms with Gasteiger partial charge in [0.15, 0.2) is 5.17 Å². The van der Waals surface area contributed by atoms with Crippen molar-refractivity contribution in [2.24, 2.45) is 10.7 Å². The predicted octanol–water partition coefficient (Wildman–Crippen LogP) is 4.08. The maximum atomic E-state index is 5.98. The summed E-state index contributed by atoms with van der Waals surface area (Å²) in [5.41, 5.74) is 9.71. The molecule has 1 atom stereocenters. The number of nitrogens with zero attached hydrogens (tertiary/aromatic N) is 1. The first-order chi connectivity index (χ1) is 11.3. The van der Waals surface area contributed by atoms with Gasteiger partial charge < -0.3 is 10.5 Å². The van der Waals surface area contributed by atoms with Crippen LogP contribution in [0, 0.1) is 0 Å². The van der Waals surface area contributed by atoms with Crippen LogP contribution in [0.15, 0.2) is 59.6 Å². The van der Waals surface area contributed by atoms with E-state index in [0.29, 0.717) is 11.7 Å². The molecule has 0 aromatic heterocycles. The minimum absolute atomic E-state index is 0.263. The van der Waals surface area contributed by atoms with Gasteiger partial charge in [0.25, 0.3) is 0 Å². The van der Waals surface area contributed by atoms with Crippen molar-refractivity contribution in [2.75, 3.05) is 13.2 Å². The van der Waals surface area contributed by atoms with Crippen LogP contribution in [0.1, 0.15) is 18.4 Å². The zero-order chi connectivity index (χ0) is 15.9. The number of hydrogen-bond donors (Lipinski definition) is 1. The van der Waals surface area contributed by atoms with Crippen LogP contribution in [-0.4, -0.2) is 24.4 Å². The third kappa shape index (κ3) is 4.85. The lowest BCUT2D eigenvalue weighted by Gasteiger charge is -2.07. The summed E-state index contributed by atoms with van der Waals surface area (Å²) < 4.78 is 5.55. The molecule has 2 aromatic rings. The Kier molecular flexibility index (Phi) is 5.72. The van der Waals surface area contributed by atoms with Crippen molar-refractivity contribution in [3.63, 3.8) is 0 Å². The molecule has 1 heterocycles. The van der Waals surface area contributed by atoms with E-state index in [9.17, 15) is 0 Å². The molecule has 2 aromatic carbocycles. The number of nitrogens with two attached hydrogens (primary N) is 1. The number of thioether (sulfide) groups is 1. The molecule has 1 fully saturated rings. The first-order valence-corrected chi connectivity index (χ1v) is 8.98. The Morgan fingerprint density at radius 1 is 1.09 bits per heavy atom. The summed E-state index contributed by atoms with van der Waals surface area (Å²) in [6.45, 7) is 1.55. The van der Waals surface area contributed by atoms with E-state index in [1.165, 1.54) is 16.7 Å². The Balaban J connectivity index is 1.51. The molecule has 1 aliphatic heterocycles. The summed E-state index contributed by atoms with van der Waals surface area (Å²) in [5.74, 6) is 0.843. The van der Waals surface area contributed by atoms with Gasteiger partial charge in [-0.05, 0) is 29.5 Å². The molecular weight excluding hydrogens is 304 g/mol. The maximum Gasteiger partial charge on any atom is 0.154 e. The van der Waals surface area contributed by atoms with Crippen molar-refractivity contribution in [1.82, 2.24) is 0 Å². The maximum absolute atomic E-state index is 5.98. The number of hydrogen-bond acceptors (Lipinski definition) is 3. The molecule has 23 heavy (non-hydrogen) atoms. The lowest BCUT2D eigenvalue weighted by Crippen LogP contribution is -2.14. The fourth-order valence-electron chi connectivity index (χ4n) is 2.61. The lowest BCUT2D eigenvalue weighted by atomic mass is 10.0. The zero-order valence-corrected chi connectivity index (χ0v) is 14.0. The number of ether oxygens (including phenoxy) is 1. The predicted molar refractivity (Wildman–Crippen MR) is 98.6 cm³/mol. The Labute approximate surface area is 142 Å². The summed E-state index contributed by atoms with van der Waals surface area (Å²) in [7, 11) is 0. The fraction of sp³-hybridized carbons (Fsp3) is 0.316. The van der Waals surface area contributed by atoms with E-state index in [4.69, 9.17) is 10.5 Å². The van der Waals surface area contributed by atoms with Crippen molar-refractivity contribution in [2.45, 2.75) is 24.7 Å². The highest BCUT2D eigenvalue weighted by molar-refractivity contribution is 8.13. The fourth-order valence-corrected chi connectivity index (χ4v) is 3.28. The van der Waals surface area contributed by atoms with E-state index in [1.807, 2.05) is 6.07 Å². The molecule has 0 unspecified atom stereocenters. The molecule has 0 radical (unpaired) electrons. The van der Waals surface area contributed by atoms with E-state index in [2.05, 4.69) is 53.5 Å². The highest BCUT2D eigenvalue weighted by Crippen LogP contribution is 2.21. The Morgan fingerprint density at radius 2 is 1.83 bits per heavy atom. The summed E-state index contributed by atoms with van der Waals surface area (Å²) in [6, 6.07) is 19.0. The van der Waals surface area contributed by atoms with E-state index < -0.39 is 0 Å². The standard InChI is InChI=1S/C19H22N2OS/c20-19(21-13-18-7-4-12-22-18)23-14-15-8-10-17(11-9-15)16-5-2-1-3-6-16/h1-3,5-6,8-11,18H,4,7,12-14H2,(H2,20,21)/t18-/m0/s1. The highest BCUT2D eigenvalue weighted by Gasteiger charge is 2.14. The van der Waals surface area contributed by atoms with Gasteiger partial charge in [-0.3, -0.25) is 4.99 Å². The Morgan fingerprint density at radius 3 is 2.52 bits per heavy atom. The molecule has 0 saturated carbocycles. The second-order valence-electron chi connectivity index (χ2n) is 5.67. The number of benzene rings is 2. The van der Waals surface area contributed by atoms with Gasteiger partial charge in [-0.2, -0.15) is 0 Å². The van der Waals surface area contributed by atoms with Gasteiger partial charge >= 0.3 is 0 Å². The van der Waals surface area contributed by atoms with E-state index >= 15 is 0 Å². The second-order valence-corrected chi connectivity index (χ2v) is 6.66. The van der Waals surface area contributed by atoms with Gasteiger partial charge in [-0.15, -0.1) is 0 Å². The lowest BCUT2D eigenvalue weighted by molar-refractivity contribution is 0.118. The van der Waals surface area contributed by atoms with Gasteiger partial charge in [-0.25, -0.2) is 0 Å². The topological polar surface area (TPSA) is 47.6 Å². The minimum Gasteiger partial charge on any atom is -0.379 e. The van der Waals surface area contributed by atoms with Crippen molar-refractivity contribution in [1.29, 1.82) is 0 Å². The van der Waals surface area contributed by atoms with Gasteiger partial charge in [0, 0.05) is 12.4 Å². The molecule has 0 bridgehead atoms. The van der Waals surface area contributed by atoms with Crippen LogP contribution in [0.2, 0.25) is 0 Å². The SMILES string of the molecule is NC(=NC[C@@H]1CCCO1)SCc1ccc(-c2ccccc2)cc1. The van der Waals surface area contributed by atoms with Crippen molar-refractivity contribution in [3.8, 4) is 11.1 Å². The van der Waals surface area contributed by atoms with Crippen molar-refractivity contribution < 1.29 is 4.74 Å². The van der Waals surface area contributed by atoms with Crippen LogP contribution in [0.4, 0.5) is 0 Å². The Hall–Kier alpha value is -1.78. The summed E-state index contributed by atoms with van der Waals surface area (Å²) in [6.07, 6.45) is 2.50. The Bertz CT molecular complexity index is 634. The normalized spacial score (nSPS) is 18.3. The molecular formula is C19H22N2OS. The molecule has 1 saturated heterocycles. The van der Waals surface area contributed by atoms with E-state index in [1.54, 1.807) is 11.8 Å². The molecule has 2 N–H and O–H groups in total. The smallest absolute Gasteiger partial charge is 0.154 e. The highest BCUT2D eigenvalue weighted by atomic mass is 32.2. The third-order valence-electron chi connectivity index (χ3n) is 3.92. The van der Waals surface area contributed by atoms with Crippen LogP contribution < -0.4 is 5.73 Å². The van der Waals surface area contributed by atoms with Crippen LogP contribution in [0.5, 0.6) is 0 Å². The molecule has 0 spiro atoms. The van der Waals surface area contributed by atoms with Crippen LogP contribution in [0.3, 0.4) is 0 Å². The van der Waals surface area contributed by atoms with Gasteiger partial charge in [-0.1, -0.05) is 66.4 Å². The summed E-state index contributed by atoms with van der Waals surface area (Å²) >= 11 is 1.59. The van der Waals surface area contributed by atoms with Crippen LogP contribution in [-0.2, 0) is 10.5 Å². The molecule has 3 rings (SSSR count). The van der Waals surface area contributed by atoms with Crippen LogP contribution in [0.25, 0.3) is 11.1 Å². The zero-order valence-electron chi connectivity index (χ0n) is 13.2. The molecule has 120 valence electrons. The largest absolute Gasteiger partial charge is 0.379 e. The minimum atomic E-state index is 0.263. The number of amidine groups is 1. The van der Waals surface area contributed by atoms with Gasteiger partial charge in [0.2, 0.25) is 0 Å². The van der Waals surface area contributed by atoms with Gasteiger partial charge in [0.1, 0.15) is 0 Å².